The van der Waals surface area contributed by atoms with E-state index in [1.165, 1.54) is 3.97 Å². The largest absolute Gasteiger partial charge is 0.464 e. The molecule has 0 aliphatic rings. The van der Waals surface area contributed by atoms with Crippen molar-refractivity contribution >= 4 is 26.9 Å². The number of nitrogens with zero attached hydrogens (tertiary/aromatic N) is 1. The van der Waals surface area contributed by atoms with Crippen LogP contribution in [0.2, 0.25) is 0 Å². The number of ether oxygens (including phenoxy) is 1. The van der Waals surface area contributed by atoms with Crippen LogP contribution in [0.15, 0.2) is 77.7 Å². The fourth-order valence-corrected chi connectivity index (χ4v) is 5.45. The zero-order valence-electron chi connectivity index (χ0n) is 18.6. The van der Waals surface area contributed by atoms with Gasteiger partial charge in [-0.1, -0.05) is 65.7 Å². The zero-order chi connectivity index (χ0) is 23.8. The normalized spacial score (nSPS) is 12.6. The molecule has 1 heterocycles. The predicted octanol–water partition coefficient (Wildman–Crippen LogP) is 4.76. The molecule has 0 saturated carbocycles. The first kappa shape index (κ1) is 22.8. The molecule has 0 radical (unpaired) electrons. The van der Waals surface area contributed by atoms with Gasteiger partial charge in [0.05, 0.1) is 22.7 Å². The second-order valence-electron chi connectivity index (χ2n) is 7.88. The number of esters is 1. The van der Waals surface area contributed by atoms with Gasteiger partial charge < -0.3 is 9.84 Å². The molecule has 0 aliphatic carbocycles. The zero-order valence-corrected chi connectivity index (χ0v) is 19.5. The molecule has 0 amide bonds. The molecule has 4 aromatic rings. The highest BCUT2D eigenvalue weighted by molar-refractivity contribution is 7.90. The van der Waals surface area contributed by atoms with Gasteiger partial charge in [0.1, 0.15) is 0 Å². The average molecular weight is 464 g/mol. The highest BCUT2D eigenvalue weighted by Gasteiger charge is 2.33. The summed E-state index contributed by atoms with van der Waals surface area (Å²) in [6, 6.07) is 20.7. The highest BCUT2D eigenvalue weighted by Crippen LogP contribution is 2.40. The molecule has 7 heteroatoms. The number of carbonyl (C=O) groups is 1. The average Bonchev–Trinajstić information content (AvgIpc) is 3.15. The summed E-state index contributed by atoms with van der Waals surface area (Å²) in [5, 5.41) is 11.5. The van der Waals surface area contributed by atoms with Crippen LogP contribution < -0.4 is 0 Å². The van der Waals surface area contributed by atoms with Crippen molar-refractivity contribution in [3.05, 3.63) is 89.5 Å². The molecule has 1 N–H and O–H groups in total. The standard InChI is InChI=1S/C26H25NO5S/c1-4-32-26(29)25(28)23-21-7-5-6-8-22(21)27(24(23)19-13-9-17(2)10-14-19)33(30,31)20-15-11-18(3)12-16-20/h5-16,25,28H,4H2,1-3H3. The third kappa shape index (κ3) is 4.05. The number of hydrogen-bond acceptors (Lipinski definition) is 5. The van der Waals surface area contributed by atoms with Crippen LogP contribution in [0, 0.1) is 13.8 Å². The van der Waals surface area contributed by atoms with E-state index in [0.717, 1.165) is 11.1 Å². The van der Waals surface area contributed by atoms with E-state index in [4.69, 9.17) is 4.74 Å². The molecule has 4 rings (SSSR count). The van der Waals surface area contributed by atoms with Gasteiger partial charge in [0.15, 0.2) is 6.10 Å². The second-order valence-corrected chi connectivity index (χ2v) is 9.67. The molecule has 1 aromatic heterocycles. The topological polar surface area (TPSA) is 85.6 Å². The molecule has 0 bridgehead atoms. The van der Waals surface area contributed by atoms with Gasteiger partial charge in [-0.2, -0.15) is 0 Å². The summed E-state index contributed by atoms with van der Waals surface area (Å²) in [5.74, 6) is -0.832. The van der Waals surface area contributed by atoms with E-state index in [1.54, 1.807) is 67.6 Å². The quantitative estimate of drug-likeness (QED) is 0.417. The maximum atomic E-state index is 13.9. The molecule has 0 fully saturated rings. The number of carbonyl (C=O) groups excluding carboxylic acids is 1. The maximum Gasteiger partial charge on any atom is 0.339 e. The van der Waals surface area contributed by atoms with Crippen LogP contribution in [0.3, 0.4) is 0 Å². The number of aliphatic hydroxyl groups is 1. The van der Waals surface area contributed by atoms with E-state index in [1.807, 2.05) is 26.0 Å². The Kier molecular flexibility index (Phi) is 6.10. The molecule has 3 aromatic carbocycles. The van der Waals surface area contributed by atoms with Gasteiger partial charge in [0, 0.05) is 10.9 Å². The number of hydrogen-bond donors (Lipinski definition) is 1. The minimum absolute atomic E-state index is 0.0933. The van der Waals surface area contributed by atoms with Gasteiger partial charge in [-0.25, -0.2) is 17.2 Å². The van der Waals surface area contributed by atoms with Gasteiger partial charge in [-0.3, -0.25) is 0 Å². The lowest BCUT2D eigenvalue weighted by molar-refractivity contribution is -0.153. The SMILES string of the molecule is CCOC(=O)C(O)c1c(-c2ccc(C)cc2)n(S(=O)(=O)c2ccc(C)cc2)c2ccccc12. The summed E-state index contributed by atoms with van der Waals surface area (Å²) in [7, 11) is -4.07. The van der Waals surface area contributed by atoms with Crippen molar-refractivity contribution < 1.29 is 23.1 Å². The number of aliphatic hydroxyl groups excluding tert-OH is 1. The van der Waals surface area contributed by atoms with E-state index in [0.29, 0.717) is 16.5 Å². The van der Waals surface area contributed by atoms with E-state index in [9.17, 15) is 18.3 Å². The Hall–Kier alpha value is -3.42. The number of benzene rings is 3. The second kappa shape index (κ2) is 8.84. The van der Waals surface area contributed by atoms with Crippen molar-refractivity contribution in [1.29, 1.82) is 0 Å². The molecule has 0 aliphatic heterocycles. The molecule has 0 spiro atoms. The van der Waals surface area contributed by atoms with E-state index >= 15 is 0 Å². The number of aromatic nitrogens is 1. The van der Waals surface area contributed by atoms with Gasteiger partial charge in [-0.15, -0.1) is 0 Å². The summed E-state index contributed by atoms with van der Waals surface area (Å²) in [4.78, 5) is 12.7. The molecule has 170 valence electrons. The minimum atomic E-state index is -4.07. The lowest BCUT2D eigenvalue weighted by atomic mass is 10.00. The Morgan fingerprint density at radius 3 is 2.12 bits per heavy atom. The van der Waals surface area contributed by atoms with E-state index in [2.05, 4.69) is 0 Å². The highest BCUT2D eigenvalue weighted by atomic mass is 32.2. The number of fused-ring (bicyclic) bond motifs is 1. The maximum absolute atomic E-state index is 13.9. The third-order valence-corrected chi connectivity index (χ3v) is 7.27. The molecular formula is C26H25NO5S. The van der Waals surface area contributed by atoms with E-state index < -0.39 is 22.1 Å². The Labute approximate surface area is 193 Å². The predicted molar refractivity (Wildman–Crippen MR) is 127 cm³/mol. The lowest BCUT2D eigenvalue weighted by Crippen LogP contribution is -2.18. The number of para-hydroxylation sites is 1. The molecule has 1 atom stereocenters. The number of aryl methyl sites for hydroxylation is 2. The Balaban J connectivity index is 2.12. The summed E-state index contributed by atoms with van der Waals surface area (Å²) in [5.41, 5.74) is 3.29. The van der Waals surface area contributed by atoms with Crippen LogP contribution in [0.4, 0.5) is 0 Å². The van der Waals surface area contributed by atoms with Crippen molar-refractivity contribution in [2.24, 2.45) is 0 Å². The smallest absolute Gasteiger partial charge is 0.339 e. The Morgan fingerprint density at radius 1 is 0.939 bits per heavy atom. The van der Waals surface area contributed by atoms with Gasteiger partial charge in [0.25, 0.3) is 10.0 Å². The first-order chi connectivity index (χ1) is 15.8. The first-order valence-electron chi connectivity index (χ1n) is 10.6. The van der Waals surface area contributed by atoms with Crippen molar-refractivity contribution in [3.8, 4) is 11.3 Å². The van der Waals surface area contributed by atoms with E-state index in [-0.39, 0.29) is 22.8 Å². The minimum Gasteiger partial charge on any atom is -0.464 e. The van der Waals surface area contributed by atoms with Crippen molar-refractivity contribution in [1.82, 2.24) is 3.97 Å². The van der Waals surface area contributed by atoms with Crippen molar-refractivity contribution in [2.75, 3.05) is 6.61 Å². The number of rotatable bonds is 6. The van der Waals surface area contributed by atoms with Crippen LogP contribution in [0.1, 0.15) is 29.7 Å². The van der Waals surface area contributed by atoms with Crippen molar-refractivity contribution in [2.45, 2.75) is 31.8 Å². The summed E-state index contributed by atoms with van der Waals surface area (Å²) in [6.45, 7) is 5.55. The summed E-state index contributed by atoms with van der Waals surface area (Å²) < 4.78 is 34.1. The van der Waals surface area contributed by atoms with Crippen LogP contribution in [0.5, 0.6) is 0 Å². The molecular weight excluding hydrogens is 438 g/mol. The lowest BCUT2D eigenvalue weighted by Gasteiger charge is -2.16. The molecule has 6 nitrogen and oxygen atoms in total. The first-order valence-corrected chi connectivity index (χ1v) is 12.1. The summed E-state index contributed by atoms with van der Waals surface area (Å²) in [6.07, 6.45) is -1.65. The monoisotopic (exact) mass is 463 g/mol. The summed E-state index contributed by atoms with van der Waals surface area (Å²) >= 11 is 0. The van der Waals surface area contributed by atoms with Gasteiger partial charge in [-0.05, 0) is 44.5 Å². The van der Waals surface area contributed by atoms with Crippen LogP contribution >= 0.6 is 0 Å². The van der Waals surface area contributed by atoms with Gasteiger partial charge in [0.2, 0.25) is 0 Å². The molecule has 0 saturated heterocycles. The van der Waals surface area contributed by atoms with Crippen molar-refractivity contribution in [3.63, 3.8) is 0 Å². The van der Waals surface area contributed by atoms with Crippen LogP contribution in [-0.2, 0) is 19.6 Å². The third-order valence-electron chi connectivity index (χ3n) is 5.54. The van der Waals surface area contributed by atoms with Gasteiger partial charge >= 0.3 is 5.97 Å². The fraction of sp³-hybridized carbons (Fsp3) is 0.192. The molecule has 1 unspecified atom stereocenters. The Bertz CT molecular complexity index is 1420. The van der Waals surface area contributed by atoms with Crippen LogP contribution in [-0.4, -0.2) is 30.1 Å². The van der Waals surface area contributed by atoms with Crippen LogP contribution in [0.25, 0.3) is 22.2 Å². The fourth-order valence-electron chi connectivity index (χ4n) is 3.90. The Morgan fingerprint density at radius 2 is 1.52 bits per heavy atom. The molecule has 33 heavy (non-hydrogen) atoms.